The molecule has 0 spiro atoms. The fourth-order valence-corrected chi connectivity index (χ4v) is 2.83. The number of halogens is 1. The molecule has 0 amide bonds. The zero-order valence-corrected chi connectivity index (χ0v) is 9.30. The molecule has 1 aliphatic rings. The van der Waals surface area contributed by atoms with Gasteiger partial charge in [-0.15, -0.1) is 0 Å². The van der Waals surface area contributed by atoms with Gasteiger partial charge in [0.25, 0.3) is 0 Å². The quantitative estimate of drug-likeness (QED) is 0.761. The summed E-state index contributed by atoms with van der Waals surface area (Å²) in [4.78, 5) is 2.15. The summed E-state index contributed by atoms with van der Waals surface area (Å²) >= 11 is 0. The molecule has 0 aromatic heterocycles. The van der Waals surface area contributed by atoms with Crippen LogP contribution in [0.4, 0.5) is 4.39 Å². The molecule has 0 atom stereocenters. The third kappa shape index (κ3) is 2.86. The van der Waals surface area contributed by atoms with Crippen LogP contribution in [0.2, 0.25) is 0 Å². The van der Waals surface area contributed by atoms with Gasteiger partial charge >= 0.3 is 0 Å². The highest BCUT2D eigenvalue weighted by molar-refractivity contribution is 7.85. The van der Waals surface area contributed by atoms with E-state index in [2.05, 4.69) is 4.90 Å². The molecule has 1 saturated heterocycles. The molecule has 0 N–H and O–H groups in total. The lowest BCUT2D eigenvalue weighted by atomic mass is 10.2. The van der Waals surface area contributed by atoms with E-state index in [1.165, 1.54) is 6.07 Å². The van der Waals surface area contributed by atoms with Crippen molar-refractivity contribution >= 4 is 10.8 Å². The lowest BCUT2D eigenvalue weighted by Crippen LogP contribution is -2.37. The maximum Gasteiger partial charge on any atom is 0.127 e. The van der Waals surface area contributed by atoms with Crippen LogP contribution in [0.15, 0.2) is 24.3 Å². The summed E-state index contributed by atoms with van der Waals surface area (Å²) in [6.45, 7) is 2.24. The first-order valence-corrected chi connectivity index (χ1v) is 6.55. The molecule has 0 unspecified atom stereocenters. The molecule has 0 saturated carbocycles. The Balaban J connectivity index is 1.97. The number of hydrogen-bond acceptors (Lipinski definition) is 2. The molecule has 1 aliphatic heterocycles. The molecule has 1 aromatic rings. The molecule has 1 aromatic carbocycles. The number of benzene rings is 1. The first-order valence-electron chi connectivity index (χ1n) is 5.06. The standard InChI is InChI=1S/C11H14FNOS/c12-11-4-2-1-3-10(11)9-13-5-7-15(14)8-6-13/h1-4H,5-9H2. The second kappa shape index (κ2) is 4.86. The molecule has 1 heterocycles. The van der Waals surface area contributed by atoms with Gasteiger partial charge < -0.3 is 0 Å². The second-order valence-electron chi connectivity index (χ2n) is 3.72. The Kier molecular flexibility index (Phi) is 3.49. The van der Waals surface area contributed by atoms with Crippen LogP contribution in [0.25, 0.3) is 0 Å². The van der Waals surface area contributed by atoms with Gasteiger partial charge in [-0.05, 0) is 6.07 Å². The van der Waals surface area contributed by atoms with Crippen LogP contribution in [0, 0.1) is 5.82 Å². The van der Waals surface area contributed by atoms with E-state index in [0.717, 1.165) is 18.7 Å². The lowest BCUT2D eigenvalue weighted by Gasteiger charge is -2.26. The third-order valence-electron chi connectivity index (χ3n) is 2.62. The molecular formula is C11H14FNOS. The molecule has 82 valence electrons. The number of nitrogens with zero attached hydrogens (tertiary/aromatic N) is 1. The van der Waals surface area contributed by atoms with Gasteiger partial charge in [0.15, 0.2) is 0 Å². The van der Waals surface area contributed by atoms with Crippen molar-refractivity contribution in [2.45, 2.75) is 6.54 Å². The molecule has 4 heteroatoms. The highest BCUT2D eigenvalue weighted by Gasteiger charge is 2.15. The van der Waals surface area contributed by atoms with Crippen LogP contribution in [-0.2, 0) is 17.3 Å². The van der Waals surface area contributed by atoms with Gasteiger partial charge in [0.05, 0.1) is 0 Å². The maximum absolute atomic E-state index is 13.3. The second-order valence-corrected chi connectivity index (χ2v) is 5.41. The average molecular weight is 227 g/mol. The summed E-state index contributed by atoms with van der Waals surface area (Å²) in [6.07, 6.45) is 0. The first kappa shape index (κ1) is 10.8. The smallest absolute Gasteiger partial charge is 0.127 e. The first-order chi connectivity index (χ1) is 7.25. The van der Waals surface area contributed by atoms with E-state index < -0.39 is 10.8 Å². The van der Waals surface area contributed by atoms with Crippen molar-refractivity contribution in [3.63, 3.8) is 0 Å². The van der Waals surface area contributed by atoms with Crippen molar-refractivity contribution in [2.24, 2.45) is 0 Å². The van der Waals surface area contributed by atoms with E-state index in [1.54, 1.807) is 12.1 Å². The van der Waals surface area contributed by atoms with E-state index in [-0.39, 0.29) is 5.82 Å². The number of hydrogen-bond donors (Lipinski definition) is 0. The Morgan fingerprint density at radius 1 is 1.27 bits per heavy atom. The van der Waals surface area contributed by atoms with Gasteiger partial charge in [0.2, 0.25) is 0 Å². The predicted molar refractivity (Wildman–Crippen MR) is 59.6 cm³/mol. The largest absolute Gasteiger partial charge is 0.297 e. The zero-order chi connectivity index (χ0) is 10.7. The minimum Gasteiger partial charge on any atom is -0.297 e. The summed E-state index contributed by atoms with van der Waals surface area (Å²) in [6, 6.07) is 6.84. The van der Waals surface area contributed by atoms with Gasteiger partial charge in [0, 0.05) is 47.5 Å². The van der Waals surface area contributed by atoms with E-state index in [1.807, 2.05) is 6.07 Å². The monoisotopic (exact) mass is 227 g/mol. The van der Waals surface area contributed by atoms with Gasteiger partial charge in [0.1, 0.15) is 5.82 Å². The van der Waals surface area contributed by atoms with Crippen LogP contribution < -0.4 is 0 Å². The van der Waals surface area contributed by atoms with E-state index in [0.29, 0.717) is 18.1 Å². The molecule has 2 rings (SSSR count). The Morgan fingerprint density at radius 3 is 2.60 bits per heavy atom. The van der Waals surface area contributed by atoms with Crippen molar-refractivity contribution < 1.29 is 8.60 Å². The fourth-order valence-electron chi connectivity index (χ4n) is 1.70. The molecule has 15 heavy (non-hydrogen) atoms. The van der Waals surface area contributed by atoms with Crippen LogP contribution in [0.3, 0.4) is 0 Å². The van der Waals surface area contributed by atoms with E-state index in [4.69, 9.17) is 0 Å². The highest BCUT2D eigenvalue weighted by atomic mass is 32.2. The molecule has 0 radical (unpaired) electrons. The van der Waals surface area contributed by atoms with Crippen molar-refractivity contribution in [1.82, 2.24) is 4.90 Å². The van der Waals surface area contributed by atoms with Crippen LogP contribution >= 0.6 is 0 Å². The summed E-state index contributed by atoms with van der Waals surface area (Å²) in [7, 11) is -0.660. The van der Waals surface area contributed by atoms with Crippen molar-refractivity contribution in [3.05, 3.63) is 35.6 Å². The van der Waals surface area contributed by atoms with Crippen LogP contribution in [-0.4, -0.2) is 33.7 Å². The molecule has 0 bridgehead atoms. The normalized spacial score (nSPS) is 19.3. The van der Waals surface area contributed by atoms with Gasteiger partial charge in [-0.25, -0.2) is 4.39 Å². The Hall–Kier alpha value is -0.740. The Morgan fingerprint density at radius 2 is 1.93 bits per heavy atom. The van der Waals surface area contributed by atoms with Crippen molar-refractivity contribution in [1.29, 1.82) is 0 Å². The summed E-state index contributed by atoms with van der Waals surface area (Å²) in [5, 5.41) is 0. The van der Waals surface area contributed by atoms with E-state index >= 15 is 0 Å². The summed E-state index contributed by atoms with van der Waals surface area (Å²) in [5.74, 6) is 1.28. The average Bonchev–Trinajstić information content (AvgIpc) is 2.25. The Labute approximate surface area is 91.5 Å². The van der Waals surface area contributed by atoms with Gasteiger partial charge in [-0.1, -0.05) is 18.2 Å². The van der Waals surface area contributed by atoms with Gasteiger partial charge in [-0.2, -0.15) is 0 Å². The Bertz CT molecular complexity index is 359. The fraction of sp³-hybridized carbons (Fsp3) is 0.455. The SMILES string of the molecule is O=S1CCN(Cc2ccccc2F)CC1. The molecule has 0 aliphatic carbocycles. The van der Waals surface area contributed by atoms with E-state index in [9.17, 15) is 8.60 Å². The van der Waals surface area contributed by atoms with Crippen LogP contribution in [0.1, 0.15) is 5.56 Å². The molecular weight excluding hydrogens is 213 g/mol. The van der Waals surface area contributed by atoms with Crippen LogP contribution in [0.5, 0.6) is 0 Å². The van der Waals surface area contributed by atoms with Crippen molar-refractivity contribution in [2.75, 3.05) is 24.6 Å². The molecule has 2 nitrogen and oxygen atoms in total. The highest BCUT2D eigenvalue weighted by Crippen LogP contribution is 2.11. The lowest BCUT2D eigenvalue weighted by molar-refractivity contribution is 0.287. The molecule has 1 fully saturated rings. The third-order valence-corrected chi connectivity index (χ3v) is 3.90. The predicted octanol–water partition coefficient (Wildman–Crippen LogP) is 1.39. The minimum absolute atomic E-state index is 0.149. The van der Waals surface area contributed by atoms with Crippen molar-refractivity contribution in [3.8, 4) is 0 Å². The maximum atomic E-state index is 13.3. The van der Waals surface area contributed by atoms with Gasteiger partial charge in [-0.3, -0.25) is 9.11 Å². The number of rotatable bonds is 2. The summed E-state index contributed by atoms with van der Waals surface area (Å²) < 4.78 is 24.5. The summed E-state index contributed by atoms with van der Waals surface area (Å²) in [5.41, 5.74) is 0.727. The zero-order valence-electron chi connectivity index (χ0n) is 8.49. The topological polar surface area (TPSA) is 20.3 Å². The minimum atomic E-state index is -0.660.